The summed E-state index contributed by atoms with van der Waals surface area (Å²) in [6.45, 7) is 3.10. The topological polar surface area (TPSA) is 112 Å². The Labute approximate surface area is 197 Å². The molecule has 176 valence electrons. The lowest BCUT2D eigenvalue weighted by Gasteiger charge is -2.14. The summed E-state index contributed by atoms with van der Waals surface area (Å²) in [5, 5.41) is 12.4. The lowest BCUT2D eigenvalue weighted by atomic mass is 10.1. The number of para-hydroxylation sites is 1. The van der Waals surface area contributed by atoms with Gasteiger partial charge in [-0.2, -0.15) is 5.26 Å². The van der Waals surface area contributed by atoms with Crippen molar-refractivity contribution < 1.29 is 28.5 Å². The monoisotopic (exact) mass is 463 g/mol. The molecule has 1 amide bonds. The number of anilines is 1. The molecule has 2 aromatic carbocycles. The molecular weight excluding hydrogens is 438 g/mol. The van der Waals surface area contributed by atoms with E-state index in [1.165, 1.54) is 33.5 Å². The molecule has 3 rings (SSSR count). The number of nitrogens with zero attached hydrogens (tertiary/aromatic N) is 2. The second kappa shape index (κ2) is 10.4. The van der Waals surface area contributed by atoms with E-state index in [2.05, 4.69) is 11.4 Å². The summed E-state index contributed by atoms with van der Waals surface area (Å²) in [5.74, 6) is -0.166. The first-order chi connectivity index (χ1) is 16.4. The van der Waals surface area contributed by atoms with E-state index in [-0.39, 0.29) is 11.3 Å². The fourth-order valence-corrected chi connectivity index (χ4v) is 3.53. The molecule has 1 heterocycles. The number of esters is 1. The first-order valence-corrected chi connectivity index (χ1v) is 10.3. The molecule has 0 bridgehead atoms. The number of methoxy groups -OCH3 is 3. The Morgan fingerprint density at radius 2 is 1.59 bits per heavy atom. The van der Waals surface area contributed by atoms with Crippen molar-refractivity contribution in [2.45, 2.75) is 13.8 Å². The third-order valence-corrected chi connectivity index (χ3v) is 5.36. The molecule has 0 fully saturated rings. The zero-order valence-electron chi connectivity index (χ0n) is 19.6. The lowest BCUT2D eigenvalue weighted by Crippen LogP contribution is -2.23. The summed E-state index contributed by atoms with van der Waals surface area (Å²) < 4.78 is 22.7. The molecule has 9 heteroatoms. The molecule has 0 unspecified atom stereocenters. The molecule has 3 aromatic rings. The van der Waals surface area contributed by atoms with Gasteiger partial charge in [0.1, 0.15) is 23.2 Å². The Hall–Kier alpha value is -4.45. The van der Waals surface area contributed by atoms with Crippen molar-refractivity contribution in [3.63, 3.8) is 0 Å². The standard InChI is InChI=1S/C25H25N3O6/c1-15-16(2)28(17-9-7-6-8-10-17)24(19(15)13-26)27-23(29)14-34-25(30)18-11-21(32-4)22(33-5)12-20(18)31-3/h6-12H,14H2,1-5H3,(H,27,29). The van der Waals surface area contributed by atoms with E-state index < -0.39 is 18.5 Å². The summed E-state index contributed by atoms with van der Waals surface area (Å²) in [5.41, 5.74) is 2.75. The fraction of sp³-hybridized carbons (Fsp3) is 0.240. The highest BCUT2D eigenvalue weighted by molar-refractivity contribution is 5.98. The van der Waals surface area contributed by atoms with Gasteiger partial charge in [-0.3, -0.25) is 9.36 Å². The molecule has 0 aliphatic heterocycles. The van der Waals surface area contributed by atoms with Crippen LogP contribution < -0.4 is 19.5 Å². The first kappa shape index (κ1) is 24.2. The summed E-state index contributed by atoms with van der Waals surface area (Å²) in [6, 6.07) is 14.4. The molecule has 9 nitrogen and oxygen atoms in total. The number of hydrogen-bond acceptors (Lipinski definition) is 7. The summed E-state index contributed by atoms with van der Waals surface area (Å²) in [7, 11) is 4.30. The predicted octanol–water partition coefficient (Wildman–Crippen LogP) is 3.79. The number of rotatable bonds is 8. The molecule has 1 N–H and O–H groups in total. The summed E-state index contributed by atoms with van der Waals surface area (Å²) >= 11 is 0. The van der Waals surface area contributed by atoms with Gasteiger partial charge in [0, 0.05) is 23.5 Å². The largest absolute Gasteiger partial charge is 0.496 e. The number of amides is 1. The van der Waals surface area contributed by atoms with E-state index >= 15 is 0 Å². The Morgan fingerprint density at radius 1 is 0.971 bits per heavy atom. The smallest absolute Gasteiger partial charge is 0.342 e. The van der Waals surface area contributed by atoms with Crippen molar-refractivity contribution in [2.24, 2.45) is 0 Å². The highest BCUT2D eigenvalue weighted by Gasteiger charge is 2.23. The Bertz CT molecular complexity index is 1260. The van der Waals surface area contributed by atoms with Crippen LogP contribution in [0, 0.1) is 25.2 Å². The predicted molar refractivity (Wildman–Crippen MR) is 125 cm³/mol. The Morgan fingerprint density at radius 3 is 2.18 bits per heavy atom. The quantitative estimate of drug-likeness (QED) is 0.506. The van der Waals surface area contributed by atoms with Gasteiger partial charge in [0.2, 0.25) is 0 Å². The number of hydrogen-bond donors (Lipinski definition) is 1. The lowest BCUT2D eigenvalue weighted by molar-refractivity contribution is -0.119. The summed E-state index contributed by atoms with van der Waals surface area (Å²) in [4.78, 5) is 25.4. The van der Waals surface area contributed by atoms with Crippen molar-refractivity contribution in [3.05, 3.63) is 64.8 Å². The van der Waals surface area contributed by atoms with Gasteiger partial charge in [0.25, 0.3) is 5.91 Å². The fourth-order valence-electron chi connectivity index (χ4n) is 3.53. The second-order valence-corrected chi connectivity index (χ2v) is 7.25. The molecule has 1 aromatic heterocycles. The second-order valence-electron chi connectivity index (χ2n) is 7.25. The van der Waals surface area contributed by atoms with Crippen molar-refractivity contribution in [1.29, 1.82) is 5.26 Å². The van der Waals surface area contributed by atoms with E-state index in [9.17, 15) is 14.9 Å². The van der Waals surface area contributed by atoms with Crippen LogP contribution in [0.5, 0.6) is 17.2 Å². The zero-order valence-corrected chi connectivity index (χ0v) is 19.6. The van der Waals surface area contributed by atoms with E-state index in [4.69, 9.17) is 18.9 Å². The van der Waals surface area contributed by atoms with Gasteiger partial charge in [-0.05, 0) is 31.5 Å². The maximum atomic E-state index is 12.7. The van der Waals surface area contributed by atoms with Crippen LogP contribution in [0.15, 0.2) is 42.5 Å². The van der Waals surface area contributed by atoms with Gasteiger partial charge < -0.3 is 24.3 Å². The van der Waals surface area contributed by atoms with Gasteiger partial charge in [-0.15, -0.1) is 0 Å². The summed E-state index contributed by atoms with van der Waals surface area (Å²) in [6.07, 6.45) is 0. The van der Waals surface area contributed by atoms with Crippen LogP contribution in [0.2, 0.25) is 0 Å². The van der Waals surface area contributed by atoms with E-state index in [1.807, 2.05) is 44.2 Å². The van der Waals surface area contributed by atoms with Gasteiger partial charge in [-0.1, -0.05) is 18.2 Å². The van der Waals surface area contributed by atoms with Crippen LogP contribution in [0.4, 0.5) is 5.82 Å². The van der Waals surface area contributed by atoms with Gasteiger partial charge >= 0.3 is 5.97 Å². The molecule has 0 atom stereocenters. The van der Waals surface area contributed by atoms with Gasteiger partial charge in [0.15, 0.2) is 18.1 Å². The number of carbonyl (C=O) groups is 2. The first-order valence-electron chi connectivity index (χ1n) is 10.3. The number of benzene rings is 2. The molecule has 0 radical (unpaired) electrons. The average molecular weight is 463 g/mol. The number of ether oxygens (including phenoxy) is 4. The normalized spacial score (nSPS) is 10.2. The van der Waals surface area contributed by atoms with Crippen molar-refractivity contribution in [3.8, 4) is 29.0 Å². The highest BCUT2D eigenvalue weighted by atomic mass is 16.5. The molecule has 0 saturated carbocycles. The van der Waals surface area contributed by atoms with E-state index in [1.54, 1.807) is 4.57 Å². The minimum atomic E-state index is -0.778. The minimum absolute atomic E-state index is 0.0741. The van der Waals surface area contributed by atoms with Gasteiger partial charge in [0.05, 0.1) is 26.9 Å². The number of carbonyl (C=O) groups excluding carboxylic acids is 2. The van der Waals surface area contributed by atoms with Crippen LogP contribution in [-0.4, -0.2) is 44.4 Å². The molecule has 0 saturated heterocycles. The number of nitrogens with one attached hydrogen (secondary N) is 1. The van der Waals surface area contributed by atoms with Crippen LogP contribution >= 0.6 is 0 Å². The van der Waals surface area contributed by atoms with Crippen LogP contribution in [0.3, 0.4) is 0 Å². The molecule has 34 heavy (non-hydrogen) atoms. The third kappa shape index (κ3) is 4.66. The SMILES string of the molecule is COc1cc(OC)c(C(=O)OCC(=O)Nc2c(C#N)c(C)c(C)n2-c2ccccc2)cc1OC. The maximum Gasteiger partial charge on any atom is 0.342 e. The van der Waals surface area contributed by atoms with E-state index in [0.29, 0.717) is 22.9 Å². The highest BCUT2D eigenvalue weighted by Crippen LogP contribution is 2.35. The zero-order chi connectivity index (χ0) is 24.8. The Kier molecular flexibility index (Phi) is 7.43. The molecular formula is C25H25N3O6. The molecule has 0 spiro atoms. The minimum Gasteiger partial charge on any atom is -0.496 e. The molecule has 0 aliphatic rings. The number of aromatic nitrogens is 1. The average Bonchev–Trinajstić information content (AvgIpc) is 3.10. The molecule has 0 aliphatic carbocycles. The van der Waals surface area contributed by atoms with Crippen LogP contribution in [-0.2, 0) is 9.53 Å². The van der Waals surface area contributed by atoms with E-state index in [0.717, 1.165) is 16.9 Å². The third-order valence-electron chi connectivity index (χ3n) is 5.36. The Balaban J connectivity index is 1.82. The van der Waals surface area contributed by atoms with Crippen molar-refractivity contribution >= 4 is 17.7 Å². The van der Waals surface area contributed by atoms with Crippen LogP contribution in [0.25, 0.3) is 5.69 Å². The maximum absolute atomic E-state index is 12.7. The van der Waals surface area contributed by atoms with Gasteiger partial charge in [-0.25, -0.2) is 4.79 Å². The van der Waals surface area contributed by atoms with Crippen molar-refractivity contribution in [2.75, 3.05) is 33.3 Å². The van der Waals surface area contributed by atoms with Crippen LogP contribution in [0.1, 0.15) is 27.2 Å². The number of nitriles is 1. The van der Waals surface area contributed by atoms with Crippen molar-refractivity contribution in [1.82, 2.24) is 4.57 Å².